The molecule has 0 radical (unpaired) electrons. The number of carbonyl (C=O) groups excluding carboxylic acids is 1. The van der Waals surface area contributed by atoms with E-state index in [1.807, 2.05) is 0 Å². The Morgan fingerprint density at radius 1 is 1.41 bits per heavy atom. The molecule has 0 aliphatic carbocycles. The number of nitrogens with one attached hydrogen (secondary N) is 1. The van der Waals surface area contributed by atoms with Crippen LogP contribution in [-0.2, 0) is 4.79 Å². The number of hydrogen-bond acceptors (Lipinski definition) is 2. The van der Waals surface area contributed by atoms with E-state index in [9.17, 15) is 18.0 Å². The van der Waals surface area contributed by atoms with Crippen molar-refractivity contribution in [1.82, 2.24) is 10.2 Å². The van der Waals surface area contributed by atoms with Crippen LogP contribution in [0.25, 0.3) is 0 Å². The van der Waals surface area contributed by atoms with E-state index in [0.29, 0.717) is 13.0 Å². The van der Waals surface area contributed by atoms with E-state index in [2.05, 4.69) is 5.32 Å². The zero-order valence-corrected chi connectivity index (χ0v) is 10.2. The predicted molar refractivity (Wildman–Crippen MR) is 58.5 cm³/mol. The second-order valence-corrected chi connectivity index (χ2v) is 4.68. The van der Waals surface area contributed by atoms with E-state index in [0.717, 1.165) is 17.7 Å². The van der Waals surface area contributed by atoms with Gasteiger partial charge in [0.2, 0.25) is 5.91 Å². The van der Waals surface area contributed by atoms with Gasteiger partial charge < -0.3 is 10.2 Å². The topological polar surface area (TPSA) is 32.3 Å². The lowest BCUT2D eigenvalue weighted by atomic mass is 10.0. The first-order valence-corrected chi connectivity index (χ1v) is 5.92. The lowest BCUT2D eigenvalue weighted by Crippen LogP contribution is -2.53. The second kappa shape index (κ2) is 5.71. The molecule has 1 heterocycles. The number of nitrogens with zero attached hydrogens (tertiary/aromatic N) is 1. The van der Waals surface area contributed by atoms with E-state index in [1.54, 1.807) is 13.8 Å². The summed E-state index contributed by atoms with van der Waals surface area (Å²) in [7, 11) is 0. The number of piperidine rings is 1. The van der Waals surface area contributed by atoms with Crippen molar-refractivity contribution < 1.29 is 18.0 Å². The Morgan fingerprint density at radius 2 is 2.06 bits per heavy atom. The molecular weight excluding hydrogens is 233 g/mol. The minimum Gasteiger partial charge on any atom is -0.330 e. The van der Waals surface area contributed by atoms with Crippen molar-refractivity contribution in [3.8, 4) is 0 Å². The predicted octanol–water partition coefficient (Wildman–Crippen LogP) is 1.93. The highest BCUT2D eigenvalue weighted by Crippen LogP contribution is 2.20. The molecule has 0 aromatic carbocycles. The average molecular weight is 252 g/mol. The van der Waals surface area contributed by atoms with Crippen molar-refractivity contribution in [2.75, 3.05) is 13.1 Å². The molecule has 1 fully saturated rings. The fraction of sp³-hybridized carbons (Fsp3) is 0.909. The van der Waals surface area contributed by atoms with E-state index >= 15 is 0 Å². The van der Waals surface area contributed by atoms with Gasteiger partial charge in [-0.25, -0.2) is 0 Å². The molecule has 0 aromatic rings. The summed E-state index contributed by atoms with van der Waals surface area (Å²) in [5.41, 5.74) is 0. The van der Waals surface area contributed by atoms with Gasteiger partial charge in [-0.3, -0.25) is 4.79 Å². The minimum atomic E-state index is -4.34. The quantitative estimate of drug-likeness (QED) is 0.832. The van der Waals surface area contributed by atoms with Crippen LogP contribution in [0.5, 0.6) is 0 Å². The smallest absolute Gasteiger partial charge is 0.330 e. The highest BCUT2D eigenvalue weighted by molar-refractivity contribution is 5.82. The zero-order chi connectivity index (χ0) is 13.1. The Hall–Kier alpha value is -0.780. The Bertz CT molecular complexity index is 260. The van der Waals surface area contributed by atoms with Crippen LogP contribution in [0, 0.1) is 0 Å². The SMILES string of the molecule is CC(C)N(CC(F)(F)F)C(=O)[C@@H]1CCCCN1. The van der Waals surface area contributed by atoms with Crippen LogP contribution < -0.4 is 5.32 Å². The number of alkyl halides is 3. The van der Waals surface area contributed by atoms with Gasteiger partial charge >= 0.3 is 6.18 Å². The van der Waals surface area contributed by atoms with Crippen molar-refractivity contribution in [3.63, 3.8) is 0 Å². The average Bonchev–Trinajstić information content (AvgIpc) is 2.25. The van der Waals surface area contributed by atoms with Crippen molar-refractivity contribution >= 4 is 5.91 Å². The Kier molecular flexibility index (Phi) is 4.80. The van der Waals surface area contributed by atoms with Crippen LogP contribution in [0.15, 0.2) is 0 Å². The molecule has 6 heteroatoms. The Morgan fingerprint density at radius 3 is 2.47 bits per heavy atom. The van der Waals surface area contributed by atoms with Crippen LogP contribution in [0.4, 0.5) is 13.2 Å². The molecule has 1 atom stereocenters. The van der Waals surface area contributed by atoms with Crippen molar-refractivity contribution in [2.45, 2.75) is 51.4 Å². The standard InChI is InChI=1S/C11H19F3N2O/c1-8(2)16(7-11(12,13)14)10(17)9-5-3-4-6-15-9/h8-9,15H,3-7H2,1-2H3/t9-/m0/s1. The lowest BCUT2D eigenvalue weighted by molar-refractivity contribution is -0.166. The molecule has 0 bridgehead atoms. The highest BCUT2D eigenvalue weighted by atomic mass is 19.4. The Labute approximate surface area is 99.4 Å². The van der Waals surface area contributed by atoms with Gasteiger partial charge in [-0.1, -0.05) is 6.42 Å². The number of halogens is 3. The summed E-state index contributed by atoms with van der Waals surface area (Å²) in [6.07, 6.45) is -1.85. The molecule has 0 aromatic heterocycles. The van der Waals surface area contributed by atoms with E-state index < -0.39 is 30.7 Å². The molecule has 1 aliphatic rings. The molecule has 17 heavy (non-hydrogen) atoms. The largest absolute Gasteiger partial charge is 0.406 e. The summed E-state index contributed by atoms with van der Waals surface area (Å²) in [6.45, 7) is 2.75. The third kappa shape index (κ3) is 4.53. The first kappa shape index (κ1) is 14.3. The monoisotopic (exact) mass is 252 g/mol. The lowest BCUT2D eigenvalue weighted by Gasteiger charge is -2.33. The maximum atomic E-state index is 12.4. The fourth-order valence-electron chi connectivity index (χ4n) is 1.97. The van der Waals surface area contributed by atoms with Crippen molar-refractivity contribution in [3.05, 3.63) is 0 Å². The molecule has 1 saturated heterocycles. The van der Waals surface area contributed by atoms with Gasteiger partial charge in [0.1, 0.15) is 6.54 Å². The Balaban J connectivity index is 2.66. The summed E-state index contributed by atoms with van der Waals surface area (Å²) < 4.78 is 37.1. The number of rotatable bonds is 3. The molecule has 1 aliphatic heterocycles. The first-order chi connectivity index (χ1) is 7.81. The summed E-state index contributed by atoms with van der Waals surface area (Å²) in [5.74, 6) is -0.433. The van der Waals surface area contributed by atoms with Gasteiger partial charge in [-0.15, -0.1) is 0 Å². The van der Waals surface area contributed by atoms with Crippen molar-refractivity contribution in [1.29, 1.82) is 0 Å². The third-order valence-electron chi connectivity index (χ3n) is 2.86. The molecular formula is C11H19F3N2O. The van der Waals surface area contributed by atoms with Gasteiger partial charge in [-0.2, -0.15) is 13.2 Å². The van der Waals surface area contributed by atoms with Crippen molar-refractivity contribution in [2.24, 2.45) is 0 Å². The minimum absolute atomic E-state index is 0.433. The van der Waals surface area contributed by atoms with Crippen LogP contribution in [0.1, 0.15) is 33.1 Å². The molecule has 100 valence electrons. The summed E-state index contributed by atoms with van der Waals surface area (Å²) >= 11 is 0. The fourth-order valence-corrected chi connectivity index (χ4v) is 1.97. The molecule has 1 amide bonds. The number of hydrogen-bond donors (Lipinski definition) is 1. The van der Waals surface area contributed by atoms with Gasteiger partial charge in [0.25, 0.3) is 0 Å². The van der Waals surface area contributed by atoms with Crippen LogP contribution in [0.3, 0.4) is 0 Å². The van der Waals surface area contributed by atoms with E-state index in [1.165, 1.54) is 0 Å². The highest BCUT2D eigenvalue weighted by Gasteiger charge is 2.36. The molecule has 0 saturated carbocycles. The molecule has 1 N–H and O–H groups in total. The maximum absolute atomic E-state index is 12.4. The van der Waals surface area contributed by atoms with E-state index in [-0.39, 0.29) is 0 Å². The first-order valence-electron chi connectivity index (χ1n) is 5.92. The van der Waals surface area contributed by atoms with Crippen LogP contribution in [-0.4, -0.2) is 42.2 Å². The number of carbonyl (C=O) groups is 1. The van der Waals surface area contributed by atoms with Crippen LogP contribution >= 0.6 is 0 Å². The van der Waals surface area contributed by atoms with Crippen LogP contribution in [0.2, 0.25) is 0 Å². The normalized spacial score (nSPS) is 21.6. The van der Waals surface area contributed by atoms with E-state index in [4.69, 9.17) is 0 Å². The second-order valence-electron chi connectivity index (χ2n) is 4.68. The van der Waals surface area contributed by atoms with Gasteiger partial charge in [0.05, 0.1) is 6.04 Å². The third-order valence-corrected chi connectivity index (χ3v) is 2.86. The molecule has 3 nitrogen and oxygen atoms in total. The zero-order valence-electron chi connectivity index (χ0n) is 10.2. The maximum Gasteiger partial charge on any atom is 0.406 e. The number of amides is 1. The molecule has 1 rings (SSSR count). The molecule has 0 spiro atoms. The van der Waals surface area contributed by atoms with Gasteiger partial charge in [0, 0.05) is 6.04 Å². The summed E-state index contributed by atoms with van der Waals surface area (Å²) in [6, 6.07) is -0.888. The van der Waals surface area contributed by atoms with Gasteiger partial charge in [-0.05, 0) is 33.2 Å². The summed E-state index contributed by atoms with van der Waals surface area (Å²) in [4.78, 5) is 12.9. The molecule has 0 unspecified atom stereocenters. The summed E-state index contributed by atoms with van der Waals surface area (Å²) in [5, 5.41) is 2.98. The van der Waals surface area contributed by atoms with Gasteiger partial charge in [0.15, 0.2) is 0 Å².